The first-order chi connectivity index (χ1) is 10.6. The van der Waals surface area contributed by atoms with Crippen LogP contribution in [0.15, 0.2) is 12.4 Å². The average molecular weight is 302 g/mol. The SMILES string of the molecule is CN1C[C@H]2C[C@@H](N(C)Cc3nccn3C3CC3)C[C@H]2CC1=O. The van der Waals surface area contributed by atoms with E-state index in [1.165, 1.54) is 31.5 Å². The van der Waals surface area contributed by atoms with Crippen LogP contribution in [0.3, 0.4) is 0 Å². The molecule has 3 fully saturated rings. The summed E-state index contributed by atoms with van der Waals surface area (Å²) in [7, 11) is 4.17. The molecular weight excluding hydrogens is 276 g/mol. The quantitative estimate of drug-likeness (QED) is 0.853. The number of hydrogen-bond donors (Lipinski definition) is 0. The number of rotatable bonds is 4. The van der Waals surface area contributed by atoms with Crippen LogP contribution in [0.25, 0.3) is 0 Å². The Bertz CT molecular complexity index is 565. The highest BCUT2D eigenvalue weighted by Gasteiger charge is 2.41. The summed E-state index contributed by atoms with van der Waals surface area (Å²) < 4.78 is 2.36. The molecule has 0 bridgehead atoms. The second kappa shape index (κ2) is 5.37. The van der Waals surface area contributed by atoms with Crippen molar-refractivity contribution in [3.05, 3.63) is 18.2 Å². The van der Waals surface area contributed by atoms with Crippen molar-refractivity contribution in [3.8, 4) is 0 Å². The zero-order chi connectivity index (χ0) is 15.3. The van der Waals surface area contributed by atoms with Crippen molar-refractivity contribution in [2.45, 2.75) is 50.7 Å². The zero-order valence-electron chi connectivity index (χ0n) is 13.6. The van der Waals surface area contributed by atoms with Gasteiger partial charge in [0.1, 0.15) is 5.82 Å². The molecule has 1 aromatic heterocycles. The van der Waals surface area contributed by atoms with Crippen molar-refractivity contribution < 1.29 is 4.79 Å². The van der Waals surface area contributed by atoms with Gasteiger partial charge in [0.25, 0.3) is 0 Å². The standard InChI is InChI=1S/C17H26N4O/c1-19(11-16-18-5-6-21(16)14-3-4-14)15-7-12-9-17(22)20(2)10-13(12)8-15/h5-6,12-15H,3-4,7-11H2,1-2H3/t12-,13+,15-/m0/s1. The van der Waals surface area contributed by atoms with Crippen LogP contribution >= 0.6 is 0 Å². The van der Waals surface area contributed by atoms with Crippen molar-refractivity contribution in [2.24, 2.45) is 11.8 Å². The topological polar surface area (TPSA) is 41.4 Å². The summed E-state index contributed by atoms with van der Waals surface area (Å²) in [6.07, 6.45) is 9.81. The molecule has 3 aliphatic rings. The van der Waals surface area contributed by atoms with Crippen molar-refractivity contribution in [1.29, 1.82) is 0 Å². The van der Waals surface area contributed by atoms with Crippen LogP contribution in [0, 0.1) is 11.8 Å². The van der Waals surface area contributed by atoms with Crippen molar-refractivity contribution in [1.82, 2.24) is 19.4 Å². The molecule has 1 aromatic rings. The van der Waals surface area contributed by atoms with Gasteiger partial charge in [-0.25, -0.2) is 4.98 Å². The number of aromatic nitrogens is 2. The summed E-state index contributed by atoms with van der Waals surface area (Å²) in [5.41, 5.74) is 0. The fourth-order valence-electron chi connectivity index (χ4n) is 4.35. The highest BCUT2D eigenvalue weighted by Crippen LogP contribution is 2.40. The lowest BCUT2D eigenvalue weighted by Gasteiger charge is -2.31. The first kappa shape index (κ1) is 14.2. The Morgan fingerprint density at radius 2 is 2.09 bits per heavy atom. The molecule has 2 aliphatic carbocycles. The van der Waals surface area contributed by atoms with Gasteiger partial charge in [-0.1, -0.05) is 0 Å². The molecule has 1 aliphatic heterocycles. The minimum atomic E-state index is 0.328. The number of likely N-dealkylation sites (tertiary alicyclic amines) is 1. The van der Waals surface area contributed by atoms with E-state index in [4.69, 9.17) is 0 Å². The predicted molar refractivity (Wildman–Crippen MR) is 84.2 cm³/mol. The van der Waals surface area contributed by atoms with Crippen LogP contribution in [0.4, 0.5) is 0 Å². The van der Waals surface area contributed by atoms with E-state index < -0.39 is 0 Å². The summed E-state index contributed by atoms with van der Waals surface area (Å²) in [6.45, 7) is 1.88. The number of carbonyl (C=O) groups excluding carboxylic acids is 1. The Hall–Kier alpha value is -1.36. The molecule has 5 nitrogen and oxygen atoms in total. The molecule has 2 heterocycles. The summed E-state index contributed by atoms with van der Waals surface area (Å²) in [4.78, 5) is 20.8. The van der Waals surface area contributed by atoms with Gasteiger partial charge < -0.3 is 9.47 Å². The van der Waals surface area contributed by atoms with Crippen LogP contribution in [-0.4, -0.2) is 51.9 Å². The lowest BCUT2D eigenvalue weighted by atomic mass is 9.88. The Morgan fingerprint density at radius 1 is 1.32 bits per heavy atom. The van der Waals surface area contributed by atoms with Gasteiger partial charge in [-0.2, -0.15) is 0 Å². The van der Waals surface area contributed by atoms with E-state index in [-0.39, 0.29) is 0 Å². The molecule has 5 heteroatoms. The average Bonchev–Trinajstić information content (AvgIpc) is 3.09. The predicted octanol–water partition coefficient (Wildman–Crippen LogP) is 1.91. The number of nitrogens with zero attached hydrogens (tertiary/aromatic N) is 4. The van der Waals surface area contributed by atoms with Crippen LogP contribution in [-0.2, 0) is 11.3 Å². The number of amides is 1. The van der Waals surface area contributed by atoms with Gasteiger partial charge in [-0.3, -0.25) is 9.69 Å². The highest BCUT2D eigenvalue weighted by atomic mass is 16.2. The lowest BCUT2D eigenvalue weighted by molar-refractivity contribution is -0.134. The molecule has 2 saturated carbocycles. The molecule has 22 heavy (non-hydrogen) atoms. The van der Waals surface area contributed by atoms with E-state index in [9.17, 15) is 4.79 Å². The van der Waals surface area contributed by atoms with Crippen LogP contribution in [0.5, 0.6) is 0 Å². The number of imidazole rings is 1. The summed E-state index contributed by atoms with van der Waals surface area (Å²) >= 11 is 0. The van der Waals surface area contributed by atoms with E-state index in [2.05, 4.69) is 27.7 Å². The number of fused-ring (bicyclic) bond motifs is 1. The fraction of sp³-hybridized carbons (Fsp3) is 0.765. The molecule has 4 rings (SSSR count). The second-order valence-corrected chi connectivity index (χ2v) is 7.52. The Balaban J connectivity index is 1.40. The molecule has 0 unspecified atom stereocenters. The van der Waals surface area contributed by atoms with E-state index in [0.29, 0.717) is 29.8 Å². The Kier molecular flexibility index (Phi) is 3.48. The van der Waals surface area contributed by atoms with Crippen LogP contribution in [0.2, 0.25) is 0 Å². The van der Waals surface area contributed by atoms with E-state index >= 15 is 0 Å². The van der Waals surface area contributed by atoms with E-state index in [1.807, 2.05) is 18.1 Å². The maximum atomic E-state index is 11.9. The minimum absolute atomic E-state index is 0.328. The smallest absolute Gasteiger partial charge is 0.222 e. The maximum Gasteiger partial charge on any atom is 0.222 e. The minimum Gasteiger partial charge on any atom is -0.345 e. The monoisotopic (exact) mass is 302 g/mol. The third-order valence-corrected chi connectivity index (χ3v) is 5.89. The third-order valence-electron chi connectivity index (χ3n) is 5.89. The van der Waals surface area contributed by atoms with Gasteiger partial charge in [-0.05, 0) is 44.6 Å². The Labute approximate surface area is 132 Å². The van der Waals surface area contributed by atoms with Gasteiger partial charge in [0.15, 0.2) is 0 Å². The largest absolute Gasteiger partial charge is 0.345 e. The van der Waals surface area contributed by atoms with Gasteiger partial charge in [0.2, 0.25) is 5.91 Å². The van der Waals surface area contributed by atoms with Gasteiger partial charge in [-0.15, -0.1) is 0 Å². The summed E-state index contributed by atoms with van der Waals surface area (Å²) in [5.74, 6) is 2.82. The molecule has 0 N–H and O–H groups in total. The molecule has 0 aromatic carbocycles. The first-order valence-corrected chi connectivity index (χ1v) is 8.57. The molecular formula is C17H26N4O. The fourth-order valence-corrected chi connectivity index (χ4v) is 4.35. The molecule has 1 saturated heterocycles. The molecule has 0 spiro atoms. The number of piperidine rings is 1. The van der Waals surface area contributed by atoms with Crippen LogP contribution in [0.1, 0.15) is 44.0 Å². The number of hydrogen-bond acceptors (Lipinski definition) is 3. The van der Waals surface area contributed by atoms with E-state index in [0.717, 1.165) is 19.5 Å². The Morgan fingerprint density at radius 3 is 2.86 bits per heavy atom. The van der Waals surface area contributed by atoms with Gasteiger partial charge in [0.05, 0.1) is 6.54 Å². The number of carbonyl (C=O) groups is 1. The first-order valence-electron chi connectivity index (χ1n) is 8.57. The molecule has 1 amide bonds. The van der Waals surface area contributed by atoms with Gasteiger partial charge >= 0.3 is 0 Å². The third kappa shape index (κ3) is 2.56. The van der Waals surface area contributed by atoms with Crippen molar-refractivity contribution in [2.75, 3.05) is 20.6 Å². The lowest BCUT2D eigenvalue weighted by Crippen LogP contribution is -2.39. The maximum absolute atomic E-state index is 11.9. The normalized spacial score (nSPS) is 31.9. The van der Waals surface area contributed by atoms with Crippen LogP contribution < -0.4 is 0 Å². The van der Waals surface area contributed by atoms with Crippen molar-refractivity contribution in [3.63, 3.8) is 0 Å². The highest BCUT2D eigenvalue weighted by molar-refractivity contribution is 5.77. The molecule has 120 valence electrons. The second-order valence-electron chi connectivity index (χ2n) is 7.52. The van der Waals surface area contributed by atoms with Gasteiger partial charge in [0, 0.05) is 44.5 Å². The van der Waals surface area contributed by atoms with Crippen molar-refractivity contribution >= 4 is 5.91 Å². The van der Waals surface area contributed by atoms with E-state index in [1.54, 1.807) is 0 Å². The molecule has 3 atom stereocenters. The summed E-state index contributed by atoms with van der Waals surface area (Å²) in [6, 6.07) is 1.29. The molecule has 0 radical (unpaired) electrons. The zero-order valence-corrected chi connectivity index (χ0v) is 13.6. The summed E-state index contributed by atoms with van der Waals surface area (Å²) in [5, 5.41) is 0.